The van der Waals surface area contributed by atoms with Crippen molar-refractivity contribution in [2.24, 2.45) is 0 Å². The zero-order valence-electron chi connectivity index (χ0n) is 9.84. The second kappa shape index (κ2) is 4.49. The highest BCUT2D eigenvalue weighted by atomic mass is 32.2. The Morgan fingerprint density at radius 2 is 2.06 bits per heavy atom. The van der Waals surface area contributed by atoms with Gasteiger partial charge in [0.2, 0.25) is 5.95 Å². The number of nitrogens with two attached hydrogens (primary N) is 2. The second-order valence-corrected chi connectivity index (χ2v) is 5.75. The maximum Gasteiger partial charge on any atom is 0.221 e. The van der Waals surface area contributed by atoms with Crippen LogP contribution in [0.3, 0.4) is 0 Å². The highest BCUT2D eigenvalue weighted by Gasteiger charge is 2.22. The number of nitrogens with zero attached hydrogens (tertiary/aromatic N) is 2. The minimum Gasteiger partial charge on any atom is -0.383 e. The summed E-state index contributed by atoms with van der Waals surface area (Å²) < 4.78 is 0. The molecule has 3 rings (SSSR count). The van der Waals surface area contributed by atoms with Crippen LogP contribution >= 0.6 is 11.8 Å². The van der Waals surface area contributed by atoms with E-state index in [9.17, 15) is 0 Å². The van der Waals surface area contributed by atoms with E-state index in [1.807, 2.05) is 23.9 Å². The van der Waals surface area contributed by atoms with Crippen molar-refractivity contribution < 1.29 is 0 Å². The van der Waals surface area contributed by atoms with Gasteiger partial charge in [0.25, 0.3) is 0 Å². The molecule has 0 saturated heterocycles. The molecule has 0 spiro atoms. The van der Waals surface area contributed by atoms with Crippen LogP contribution in [0.4, 0.5) is 11.8 Å². The lowest BCUT2D eigenvalue weighted by Crippen LogP contribution is -2.00. The van der Waals surface area contributed by atoms with Gasteiger partial charge in [0.15, 0.2) is 0 Å². The Morgan fingerprint density at radius 1 is 1.22 bits per heavy atom. The van der Waals surface area contributed by atoms with Gasteiger partial charge in [0.05, 0.1) is 0 Å². The Hall–Kier alpha value is -1.75. The molecule has 1 saturated carbocycles. The predicted octanol–water partition coefficient (Wildman–Crippen LogP) is 2.56. The van der Waals surface area contributed by atoms with E-state index in [1.54, 1.807) is 6.20 Å². The summed E-state index contributed by atoms with van der Waals surface area (Å²) in [6.07, 6.45) is 4.32. The van der Waals surface area contributed by atoms with Crippen molar-refractivity contribution in [2.75, 3.05) is 11.5 Å². The molecule has 1 aromatic carbocycles. The molecule has 0 amide bonds. The van der Waals surface area contributed by atoms with Crippen LogP contribution in [-0.2, 0) is 0 Å². The fourth-order valence-corrected chi connectivity index (χ4v) is 2.86. The van der Waals surface area contributed by atoms with Gasteiger partial charge in [0, 0.05) is 21.9 Å². The van der Waals surface area contributed by atoms with Gasteiger partial charge in [0.1, 0.15) is 5.82 Å². The van der Waals surface area contributed by atoms with Gasteiger partial charge in [-0.05, 0) is 30.5 Å². The van der Waals surface area contributed by atoms with Crippen LogP contribution in [0, 0.1) is 0 Å². The molecule has 1 heterocycles. The fourth-order valence-electron chi connectivity index (χ4n) is 1.75. The number of nitrogen functional groups attached to an aromatic ring is 2. The first-order valence-corrected chi connectivity index (χ1v) is 6.75. The van der Waals surface area contributed by atoms with Crippen LogP contribution in [0.1, 0.15) is 12.8 Å². The summed E-state index contributed by atoms with van der Waals surface area (Å²) in [6, 6.07) is 8.31. The first kappa shape index (κ1) is 11.3. The molecule has 0 aliphatic heterocycles. The van der Waals surface area contributed by atoms with Crippen LogP contribution in [0.15, 0.2) is 35.4 Å². The number of anilines is 2. The average Bonchev–Trinajstić information content (AvgIpc) is 3.13. The Bertz CT molecular complexity index is 581. The molecule has 92 valence electrons. The first-order chi connectivity index (χ1) is 8.72. The van der Waals surface area contributed by atoms with Crippen molar-refractivity contribution in [1.82, 2.24) is 9.97 Å². The molecular formula is C13H14N4S. The van der Waals surface area contributed by atoms with Crippen LogP contribution < -0.4 is 11.5 Å². The molecule has 1 aliphatic rings. The number of rotatable bonds is 3. The van der Waals surface area contributed by atoms with E-state index in [1.165, 1.54) is 17.7 Å². The maximum atomic E-state index is 5.88. The molecule has 4 N–H and O–H groups in total. The summed E-state index contributed by atoms with van der Waals surface area (Å²) in [5, 5.41) is 0.792. The second-order valence-electron chi connectivity index (χ2n) is 4.37. The lowest BCUT2D eigenvalue weighted by Gasteiger charge is -2.07. The average molecular weight is 258 g/mol. The SMILES string of the molecule is Nc1ncc(-c2cccc(SC3CC3)c2)c(N)n1. The number of hydrogen-bond acceptors (Lipinski definition) is 5. The monoisotopic (exact) mass is 258 g/mol. The van der Waals surface area contributed by atoms with Crippen molar-refractivity contribution >= 4 is 23.5 Å². The molecule has 0 unspecified atom stereocenters. The molecule has 1 fully saturated rings. The van der Waals surface area contributed by atoms with Crippen LogP contribution in [0.25, 0.3) is 11.1 Å². The van der Waals surface area contributed by atoms with Crippen LogP contribution in [-0.4, -0.2) is 15.2 Å². The summed E-state index contributed by atoms with van der Waals surface area (Å²) >= 11 is 1.92. The van der Waals surface area contributed by atoms with Gasteiger partial charge in [-0.2, -0.15) is 4.98 Å². The molecule has 2 aromatic rings. The summed E-state index contributed by atoms with van der Waals surface area (Å²) in [4.78, 5) is 9.26. The molecule has 1 aliphatic carbocycles. The summed E-state index contributed by atoms with van der Waals surface area (Å²) in [5.74, 6) is 0.635. The number of thioether (sulfide) groups is 1. The highest BCUT2D eigenvalue weighted by Crippen LogP contribution is 2.40. The fraction of sp³-hybridized carbons (Fsp3) is 0.231. The largest absolute Gasteiger partial charge is 0.383 e. The molecule has 0 atom stereocenters. The third-order valence-corrected chi connectivity index (χ3v) is 4.14. The Kier molecular flexibility index (Phi) is 2.83. The smallest absolute Gasteiger partial charge is 0.221 e. The lowest BCUT2D eigenvalue weighted by atomic mass is 10.1. The van der Waals surface area contributed by atoms with E-state index in [-0.39, 0.29) is 5.95 Å². The topological polar surface area (TPSA) is 77.8 Å². The number of benzene rings is 1. The third-order valence-electron chi connectivity index (χ3n) is 2.81. The van der Waals surface area contributed by atoms with E-state index >= 15 is 0 Å². The zero-order chi connectivity index (χ0) is 12.5. The first-order valence-electron chi connectivity index (χ1n) is 5.87. The maximum absolute atomic E-state index is 5.88. The van der Waals surface area contributed by atoms with E-state index in [0.717, 1.165) is 16.4 Å². The molecule has 1 aromatic heterocycles. The standard InChI is InChI=1S/C13H14N4S/c14-12-11(7-16-13(15)17-12)8-2-1-3-10(6-8)18-9-4-5-9/h1-3,6-7,9H,4-5H2,(H4,14,15,16,17). The molecular weight excluding hydrogens is 244 g/mol. The van der Waals surface area contributed by atoms with Crippen molar-refractivity contribution in [1.29, 1.82) is 0 Å². The predicted molar refractivity (Wildman–Crippen MR) is 75.2 cm³/mol. The molecule has 18 heavy (non-hydrogen) atoms. The number of hydrogen-bond donors (Lipinski definition) is 2. The van der Waals surface area contributed by atoms with E-state index in [2.05, 4.69) is 22.1 Å². The number of aromatic nitrogens is 2. The van der Waals surface area contributed by atoms with Crippen molar-refractivity contribution in [3.8, 4) is 11.1 Å². The molecule has 0 bridgehead atoms. The summed E-state index contributed by atoms with van der Waals surface area (Å²) in [6.45, 7) is 0. The van der Waals surface area contributed by atoms with Crippen molar-refractivity contribution in [3.05, 3.63) is 30.5 Å². The van der Waals surface area contributed by atoms with Gasteiger partial charge in [-0.15, -0.1) is 11.8 Å². The van der Waals surface area contributed by atoms with Gasteiger partial charge < -0.3 is 11.5 Å². The lowest BCUT2D eigenvalue weighted by molar-refractivity contribution is 1.19. The Balaban J connectivity index is 1.94. The van der Waals surface area contributed by atoms with Crippen molar-refractivity contribution in [2.45, 2.75) is 23.0 Å². The van der Waals surface area contributed by atoms with Gasteiger partial charge in [-0.25, -0.2) is 4.98 Å². The third kappa shape index (κ3) is 2.41. The summed E-state index contributed by atoms with van der Waals surface area (Å²) in [7, 11) is 0. The van der Waals surface area contributed by atoms with Gasteiger partial charge in [-0.3, -0.25) is 0 Å². The quantitative estimate of drug-likeness (QED) is 0.884. The van der Waals surface area contributed by atoms with Gasteiger partial charge >= 0.3 is 0 Å². The minimum atomic E-state index is 0.208. The Morgan fingerprint density at radius 3 is 2.78 bits per heavy atom. The van der Waals surface area contributed by atoms with Crippen molar-refractivity contribution in [3.63, 3.8) is 0 Å². The summed E-state index contributed by atoms with van der Waals surface area (Å²) in [5.41, 5.74) is 13.3. The minimum absolute atomic E-state index is 0.208. The van der Waals surface area contributed by atoms with E-state index < -0.39 is 0 Å². The zero-order valence-corrected chi connectivity index (χ0v) is 10.7. The molecule has 5 heteroatoms. The Labute approximate surface area is 110 Å². The van der Waals surface area contributed by atoms with Gasteiger partial charge in [-0.1, -0.05) is 12.1 Å². The highest BCUT2D eigenvalue weighted by molar-refractivity contribution is 8.00. The van der Waals surface area contributed by atoms with Crippen LogP contribution in [0.2, 0.25) is 0 Å². The normalized spacial score (nSPS) is 14.7. The van der Waals surface area contributed by atoms with E-state index in [0.29, 0.717) is 5.82 Å². The molecule has 0 radical (unpaired) electrons. The van der Waals surface area contributed by atoms with Crippen LogP contribution in [0.5, 0.6) is 0 Å². The van der Waals surface area contributed by atoms with E-state index in [4.69, 9.17) is 11.5 Å². The molecule has 4 nitrogen and oxygen atoms in total.